The molecule has 2 heterocycles. The zero-order valence-corrected chi connectivity index (χ0v) is 17.0. The van der Waals surface area contributed by atoms with Gasteiger partial charge in [-0.15, -0.1) is 10.2 Å². The summed E-state index contributed by atoms with van der Waals surface area (Å²) in [5.41, 5.74) is -0.948. The minimum Gasteiger partial charge on any atom is -0.478 e. The van der Waals surface area contributed by atoms with E-state index in [1.165, 1.54) is 0 Å². The number of hydrogen-bond acceptors (Lipinski definition) is 5. The summed E-state index contributed by atoms with van der Waals surface area (Å²) in [6.45, 7) is 8.95. The molecule has 0 saturated carbocycles. The molecule has 1 saturated heterocycles. The quantitative estimate of drug-likeness (QED) is 0.755. The van der Waals surface area contributed by atoms with Crippen LogP contribution in [0, 0.1) is 0 Å². The largest absolute Gasteiger partial charge is 0.478 e. The molecule has 0 spiro atoms. The predicted octanol–water partition coefficient (Wildman–Crippen LogP) is 4.41. The smallest absolute Gasteiger partial charge is 0.266 e. The maximum atomic E-state index is 13.0. The van der Waals surface area contributed by atoms with Crippen LogP contribution >= 0.6 is 11.6 Å². The summed E-state index contributed by atoms with van der Waals surface area (Å²) in [6, 6.07) is 7.04. The van der Waals surface area contributed by atoms with Crippen LogP contribution in [0.25, 0.3) is 0 Å². The van der Waals surface area contributed by atoms with Gasteiger partial charge in [0.05, 0.1) is 0 Å². The van der Waals surface area contributed by atoms with Gasteiger partial charge in [0.25, 0.3) is 5.91 Å². The fourth-order valence-corrected chi connectivity index (χ4v) is 3.32. The summed E-state index contributed by atoms with van der Waals surface area (Å²) >= 11 is 5.90. The molecular formula is C20H26ClN3O3. The molecule has 1 aromatic carbocycles. The van der Waals surface area contributed by atoms with Crippen molar-refractivity contribution in [1.29, 1.82) is 0 Å². The fraction of sp³-hybridized carbons (Fsp3) is 0.550. The molecule has 0 bridgehead atoms. The molecule has 27 heavy (non-hydrogen) atoms. The lowest BCUT2D eigenvalue weighted by atomic mass is 9.95. The molecule has 1 aliphatic rings. The van der Waals surface area contributed by atoms with Crippen molar-refractivity contribution in [2.75, 3.05) is 13.1 Å². The van der Waals surface area contributed by atoms with Crippen LogP contribution in [-0.2, 0) is 4.79 Å². The first-order valence-corrected chi connectivity index (χ1v) is 9.71. The molecule has 1 fully saturated rings. The molecule has 6 nitrogen and oxygen atoms in total. The second-order valence-corrected chi connectivity index (χ2v) is 8.20. The number of hydrogen-bond donors (Lipinski definition) is 0. The minimum absolute atomic E-state index is 0.0238. The molecule has 3 rings (SSSR count). The van der Waals surface area contributed by atoms with Crippen LogP contribution in [-0.4, -0.2) is 39.7 Å². The third kappa shape index (κ3) is 4.61. The molecule has 7 heteroatoms. The Morgan fingerprint density at radius 1 is 1.22 bits per heavy atom. The number of piperidine rings is 1. The highest BCUT2D eigenvalue weighted by Gasteiger charge is 2.37. The summed E-state index contributed by atoms with van der Waals surface area (Å²) < 4.78 is 11.7. The molecule has 2 aromatic rings. The summed E-state index contributed by atoms with van der Waals surface area (Å²) in [5.74, 6) is 2.38. The average Bonchev–Trinajstić information content (AvgIpc) is 3.13. The molecule has 0 N–H and O–H groups in total. The number of likely N-dealkylation sites (tertiary alicyclic amines) is 1. The van der Waals surface area contributed by atoms with Crippen molar-refractivity contribution in [3.8, 4) is 5.75 Å². The highest BCUT2D eigenvalue weighted by atomic mass is 35.5. The van der Waals surface area contributed by atoms with Crippen LogP contribution in [0.3, 0.4) is 0 Å². The number of benzene rings is 1. The van der Waals surface area contributed by atoms with E-state index >= 15 is 0 Å². The monoisotopic (exact) mass is 391 g/mol. The molecule has 1 aromatic heterocycles. The summed E-state index contributed by atoms with van der Waals surface area (Å²) in [6.07, 6.45) is 1.62. The molecule has 146 valence electrons. The molecular weight excluding hydrogens is 366 g/mol. The maximum absolute atomic E-state index is 13.0. The van der Waals surface area contributed by atoms with Crippen molar-refractivity contribution in [1.82, 2.24) is 15.1 Å². The molecule has 1 amide bonds. The molecule has 0 atom stereocenters. The van der Waals surface area contributed by atoms with E-state index in [-0.39, 0.29) is 17.7 Å². The summed E-state index contributed by atoms with van der Waals surface area (Å²) in [7, 11) is 0. The van der Waals surface area contributed by atoms with Gasteiger partial charge in [-0.3, -0.25) is 4.79 Å². The van der Waals surface area contributed by atoms with Crippen LogP contribution in [0.4, 0.5) is 0 Å². The lowest BCUT2D eigenvalue weighted by Crippen LogP contribution is -2.51. The first kappa shape index (κ1) is 19.7. The van der Waals surface area contributed by atoms with Crippen LogP contribution < -0.4 is 4.74 Å². The highest BCUT2D eigenvalue weighted by molar-refractivity contribution is 6.30. The molecule has 1 aliphatic heterocycles. The minimum atomic E-state index is -0.948. The van der Waals surface area contributed by atoms with Gasteiger partial charge in [-0.25, -0.2) is 0 Å². The van der Waals surface area contributed by atoms with Crippen molar-refractivity contribution in [2.45, 2.75) is 58.0 Å². The number of carbonyl (C=O) groups is 1. The third-order valence-electron chi connectivity index (χ3n) is 4.78. The molecule has 0 unspecified atom stereocenters. The average molecular weight is 392 g/mol. The van der Waals surface area contributed by atoms with Gasteiger partial charge in [-0.1, -0.05) is 25.4 Å². The Balaban J connectivity index is 1.59. The number of halogens is 1. The van der Waals surface area contributed by atoms with E-state index in [2.05, 4.69) is 10.2 Å². The van der Waals surface area contributed by atoms with E-state index in [4.69, 9.17) is 20.8 Å². The van der Waals surface area contributed by atoms with Crippen LogP contribution in [0.5, 0.6) is 5.75 Å². The lowest BCUT2D eigenvalue weighted by Gasteiger charge is -2.36. The van der Waals surface area contributed by atoms with Crippen LogP contribution in [0.15, 0.2) is 28.7 Å². The van der Waals surface area contributed by atoms with Gasteiger partial charge in [0.2, 0.25) is 11.8 Å². The first-order chi connectivity index (χ1) is 12.8. The molecule has 0 aliphatic carbocycles. The van der Waals surface area contributed by atoms with E-state index in [1.807, 2.05) is 18.7 Å². The highest BCUT2D eigenvalue weighted by Crippen LogP contribution is 2.30. The number of aromatic nitrogens is 2. The second-order valence-electron chi connectivity index (χ2n) is 7.77. The van der Waals surface area contributed by atoms with Crippen molar-refractivity contribution in [2.24, 2.45) is 0 Å². The van der Waals surface area contributed by atoms with Crippen molar-refractivity contribution >= 4 is 17.5 Å². The summed E-state index contributed by atoms with van der Waals surface area (Å²) in [4.78, 5) is 14.8. The van der Waals surface area contributed by atoms with Crippen molar-refractivity contribution in [3.05, 3.63) is 41.1 Å². The van der Waals surface area contributed by atoms with E-state index < -0.39 is 5.60 Å². The number of carbonyl (C=O) groups excluding carboxylic acids is 1. The van der Waals surface area contributed by atoms with E-state index in [0.717, 1.165) is 12.8 Å². The topological polar surface area (TPSA) is 68.5 Å². The van der Waals surface area contributed by atoms with E-state index in [1.54, 1.807) is 38.1 Å². The van der Waals surface area contributed by atoms with Crippen molar-refractivity contribution < 1.29 is 13.9 Å². The van der Waals surface area contributed by atoms with Crippen LogP contribution in [0.2, 0.25) is 5.02 Å². The van der Waals surface area contributed by atoms with Gasteiger partial charge in [-0.05, 0) is 51.0 Å². The SMILES string of the molecule is CC(C)c1nnc(C2CCN(C(=O)C(C)(C)Oc3ccc(Cl)cc3)CC2)o1. The van der Waals surface area contributed by atoms with Gasteiger partial charge in [0, 0.05) is 29.9 Å². The Hall–Kier alpha value is -2.08. The van der Waals surface area contributed by atoms with E-state index in [0.29, 0.717) is 35.6 Å². The Labute approximate surface area is 164 Å². The predicted molar refractivity (Wildman–Crippen MR) is 103 cm³/mol. The Morgan fingerprint density at radius 3 is 2.41 bits per heavy atom. The van der Waals surface area contributed by atoms with E-state index in [9.17, 15) is 4.79 Å². The maximum Gasteiger partial charge on any atom is 0.266 e. The Bertz CT molecular complexity index is 778. The number of nitrogens with zero attached hydrogens (tertiary/aromatic N) is 3. The van der Waals surface area contributed by atoms with Gasteiger partial charge >= 0.3 is 0 Å². The zero-order valence-electron chi connectivity index (χ0n) is 16.2. The number of ether oxygens (including phenoxy) is 1. The number of rotatable bonds is 5. The normalized spacial score (nSPS) is 16.0. The standard InChI is InChI=1S/C20H26ClN3O3/c1-13(2)17-22-23-18(26-17)14-9-11-24(12-10-14)19(25)20(3,4)27-16-7-5-15(21)6-8-16/h5-8,13-14H,9-12H2,1-4H3. The first-order valence-electron chi connectivity index (χ1n) is 9.33. The van der Waals surface area contributed by atoms with Gasteiger partial charge in [0.15, 0.2) is 5.60 Å². The van der Waals surface area contributed by atoms with Gasteiger partial charge in [-0.2, -0.15) is 0 Å². The number of amides is 1. The fourth-order valence-electron chi connectivity index (χ4n) is 3.20. The second kappa shape index (κ2) is 7.89. The third-order valence-corrected chi connectivity index (χ3v) is 5.04. The zero-order chi connectivity index (χ0) is 19.6. The van der Waals surface area contributed by atoms with Crippen molar-refractivity contribution in [3.63, 3.8) is 0 Å². The summed E-state index contributed by atoms with van der Waals surface area (Å²) in [5, 5.41) is 8.93. The van der Waals surface area contributed by atoms with Crippen LogP contribution in [0.1, 0.15) is 64.2 Å². The van der Waals surface area contributed by atoms with Gasteiger partial charge in [0.1, 0.15) is 5.75 Å². The van der Waals surface area contributed by atoms with Gasteiger partial charge < -0.3 is 14.1 Å². The Morgan fingerprint density at radius 2 is 1.85 bits per heavy atom. The molecule has 0 radical (unpaired) electrons. The Kier molecular flexibility index (Phi) is 5.75. The lowest BCUT2D eigenvalue weighted by molar-refractivity contribution is -0.146.